The first-order valence-electron chi connectivity index (χ1n) is 9.08. The molecule has 2 aliphatic rings. The van der Waals surface area contributed by atoms with Gasteiger partial charge in [0.05, 0.1) is 0 Å². The molecule has 0 spiro atoms. The minimum Gasteiger partial charge on any atom is -0.444 e. The maximum Gasteiger partial charge on any atom is 0.410 e. The lowest BCUT2D eigenvalue weighted by Crippen LogP contribution is -2.43. The Labute approximate surface area is 140 Å². The molecule has 0 aromatic carbocycles. The number of hydrogen-bond donors (Lipinski definition) is 0. The van der Waals surface area contributed by atoms with Gasteiger partial charge in [-0.15, -0.1) is 0 Å². The van der Waals surface area contributed by atoms with Crippen LogP contribution in [0.2, 0.25) is 0 Å². The Morgan fingerprint density at radius 1 is 1.00 bits per heavy atom. The number of amides is 1. The standard InChI is InChI=1S/C18H32N2O3/c1-18(2,3)23-17(22)20-13-7-15(8-14-20)16(21)9-12-19-10-5-4-6-11-19/h15H,4-14H2,1-3H3. The molecule has 2 heterocycles. The zero-order valence-corrected chi connectivity index (χ0v) is 15.0. The van der Waals surface area contributed by atoms with Gasteiger partial charge < -0.3 is 14.5 Å². The van der Waals surface area contributed by atoms with Gasteiger partial charge in [-0.05, 0) is 59.5 Å². The van der Waals surface area contributed by atoms with Gasteiger partial charge in [-0.2, -0.15) is 0 Å². The summed E-state index contributed by atoms with van der Waals surface area (Å²) in [5, 5.41) is 0. The first kappa shape index (κ1) is 18.2. The number of ketones is 1. The summed E-state index contributed by atoms with van der Waals surface area (Å²) in [7, 11) is 0. The van der Waals surface area contributed by atoms with Crippen LogP contribution in [0.15, 0.2) is 0 Å². The topological polar surface area (TPSA) is 49.9 Å². The van der Waals surface area contributed by atoms with Crippen molar-refractivity contribution in [2.24, 2.45) is 5.92 Å². The highest BCUT2D eigenvalue weighted by atomic mass is 16.6. The summed E-state index contributed by atoms with van der Waals surface area (Å²) in [5.74, 6) is 0.498. The van der Waals surface area contributed by atoms with E-state index >= 15 is 0 Å². The molecule has 5 nitrogen and oxygen atoms in total. The number of ether oxygens (including phenoxy) is 1. The predicted octanol–water partition coefficient (Wildman–Crippen LogP) is 3.08. The highest BCUT2D eigenvalue weighted by molar-refractivity contribution is 5.81. The summed E-state index contributed by atoms with van der Waals surface area (Å²) >= 11 is 0. The fraction of sp³-hybridized carbons (Fsp3) is 0.889. The van der Waals surface area contributed by atoms with E-state index in [0.29, 0.717) is 25.3 Å². The predicted molar refractivity (Wildman–Crippen MR) is 90.4 cm³/mol. The summed E-state index contributed by atoms with van der Waals surface area (Å²) in [6, 6.07) is 0. The number of likely N-dealkylation sites (tertiary alicyclic amines) is 2. The number of carbonyl (C=O) groups excluding carboxylic acids is 2. The van der Waals surface area contributed by atoms with E-state index in [1.165, 1.54) is 19.3 Å². The summed E-state index contributed by atoms with van der Waals surface area (Å²) in [6.45, 7) is 10.1. The van der Waals surface area contributed by atoms with Gasteiger partial charge in [-0.3, -0.25) is 4.79 Å². The van der Waals surface area contributed by atoms with Gasteiger partial charge >= 0.3 is 6.09 Å². The van der Waals surface area contributed by atoms with Crippen LogP contribution >= 0.6 is 0 Å². The van der Waals surface area contributed by atoms with Crippen molar-refractivity contribution < 1.29 is 14.3 Å². The lowest BCUT2D eigenvalue weighted by molar-refractivity contribution is -0.124. The lowest BCUT2D eigenvalue weighted by Gasteiger charge is -2.33. The molecule has 0 aromatic heterocycles. The van der Waals surface area contributed by atoms with Crippen LogP contribution in [-0.4, -0.2) is 60.0 Å². The van der Waals surface area contributed by atoms with Crippen LogP contribution in [0.3, 0.4) is 0 Å². The van der Waals surface area contributed by atoms with E-state index in [1.807, 2.05) is 20.8 Å². The fourth-order valence-electron chi connectivity index (χ4n) is 3.37. The molecule has 0 aliphatic carbocycles. The molecule has 0 unspecified atom stereocenters. The van der Waals surface area contributed by atoms with E-state index < -0.39 is 5.60 Å². The van der Waals surface area contributed by atoms with Gasteiger partial charge in [-0.1, -0.05) is 6.42 Å². The molecular weight excluding hydrogens is 292 g/mol. The molecule has 0 bridgehead atoms. The Kier molecular flexibility index (Phi) is 6.45. The van der Waals surface area contributed by atoms with E-state index in [1.54, 1.807) is 4.90 Å². The molecular formula is C18H32N2O3. The zero-order chi connectivity index (χ0) is 16.9. The second-order valence-corrected chi connectivity index (χ2v) is 7.86. The van der Waals surface area contributed by atoms with Gasteiger partial charge in [0, 0.05) is 32.0 Å². The molecule has 2 saturated heterocycles. The third-order valence-electron chi connectivity index (χ3n) is 4.73. The second-order valence-electron chi connectivity index (χ2n) is 7.86. The summed E-state index contributed by atoms with van der Waals surface area (Å²) in [4.78, 5) is 28.6. The minimum atomic E-state index is -0.460. The van der Waals surface area contributed by atoms with Crippen molar-refractivity contribution in [3.8, 4) is 0 Å². The molecule has 2 fully saturated rings. The van der Waals surface area contributed by atoms with E-state index in [-0.39, 0.29) is 12.0 Å². The average molecular weight is 324 g/mol. The molecule has 2 aliphatic heterocycles. The van der Waals surface area contributed by atoms with E-state index in [9.17, 15) is 9.59 Å². The van der Waals surface area contributed by atoms with Crippen LogP contribution in [0.25, 0.3) is 0 Å². The first-order chi connectivity index (χ1) is 10.8. The SMILES string of the molecule is CC(C)(C)OC(=O)N1CCC(C(=O)CCN2CCCCC2)CC1. The fourth-order valence-corrected chi connectivity index (χ4v) is 3.37. The Bertz CT molecular complexity index is 403. The molecule has 23 heavy (non-hydrogen) atoms. The second kappa shape index (κ2) is 8.13. The van der Waals surface area contributed by atoms with Crippen molar-refractivity contribution in [1.82, 2.24) is 9.80 Å². The van der Waals surface area contributed by atoms with Crippen LogP contribution in [0.5, 0.6) is 0 Å². The van der Waals surface area contributed by atoms with Gasteiger partial charge in [-0.25, -0.2) is 4.79 Å². The summed E-state index contributed by atoms with van der Waals surface area (Å²) < 4.78 is 5.40. The molecule has 0 radical (unpaired) electrons. The van der Waals surface area contributed by atoms with Crippen LogP contribution in [0.4, 0.5) is 4.79 Å². The molecule has 2 rings (SSSR count). The van der Waals surface area contributed by atoms with Crippen molar-refractivity contribution in [2.45, 2.75) is 64.9 Å². The summed E-state index contributed by atoms with van der Waals surface area (Å²) in [6.07, 6.45) is 5.82. The van der Waals surface area contributed by atoms with Crippen molar-refractivity contribution >= 4 is 11.9 Å². The zero-order valence-electron chi connectivity index (χ0n) is 15.0. The van der Waals surface area contributed by atoms with Gasteiger partial charge in [0.2, 0.25) is 0 Å². The Morgan fingerprint density at radius 3 is 2.17 bits per heavy atom. The molecule has 0 atom stereocenters. The molecule has 5 heteroatoms. The van der Waals surface area contributed by atoms with Crippen LogP contribution in [0.1, 0.15) is 59.3 Å². The average Bonchev–Trinajstić information content (AvgIpc) is 2.52. The van der Waals surface area contributed by atoms with Crippen molar-refractivity contribution in [3.63, 3.8) is 0 Å². The number of piperidine rings is 2. The van der Waals surface area contributed by atoms with E-state index in [2.05, 4.69) is 4.90 Å². The number of Topliss-reactive ketones (excluding diaryl/α,β-unsaturated/α-hetero) is 1. The van der Waals surface area contributed by atoms with Crippen molar-refractivity contribution in [1.29, 1.82) is 0 Å². The van der Waals surface area contributed by atoms with Gasteiger partial charge in [0.25, 0.3) is 0 Å². The third kappa shape index (κ3) is 6.13. The number of carbonyl (C=O) groups is 2. The lowest BCUT2D eigenvalue weighted by atomic mass is 9.91. The molecule has 0 N–H and O–H groups in total. The van der Waals surface area contributed by atoms with Crippen LogP contribution in [-0.2, 0) is 9.53 Å². The monoisotopic (exact) mass is 324 g/mol. The highest BCUT2D eigenvalue weighted by Gasteiger charge is 2.29. The summed E-state index contributed by atoms with van der Waals surface area (Å²) in [5.41, 5.74) is -0.460. The molecule has 0 aromatic rings. The maximum atomic E-state index is 12.4. The largest absolute Gasteiger partial charge is 0.444 e. The van der Waals surface area contributed by atoms with Crippen LogP contribution < -0.4 is 0 Å². The van der Waals surface area contributed by atoms with Crippen molar-refractivity contribution in [3.05, 3.63) is 0 Å². The highest BCUT2D eigenvalue weighted by Crippen LogP contribution is 2.22. The number of rotatable bonds is 4. The smallest absolute Gasteiger partial charge is 0.410 e. The molecule has 132 valence electrons. The van der Waals surface area contributed by atoms with E-state index in [4.69, 9.17) is 4.74 Å². The molecule has 1 amide bonds. The number of nitrogens with zero attached hydrogens (tertiary/aromatic N) is 2. The van der Waals surface area contributed by atoms with Crippen molar-refractivity contribution in [2.75, 3.05) is 32.7 Å². The first-order valence-corrected chi connectivity index (χ1v) is 9.08. The van der Waals surface area contributed by atoms with Gasteiger partial charge in [0.1, 0.15) is 11.4 Å². The third-order valence-corrected chi connectivity index (χ3v) is 4.73. The maximum absolute atomic E-state index is 12.4. The minimum absolute atomic E-state index is 0.124. The Morgan fingerprint density at radius 2 is 1.61 bits per heavy atom. The van der Waals surface area contributed by atoms with Crippen LogP contribution in [0, 0.1) is 5.92 Å². The van der Waals surface area contributed by atoms with E-state index in [0.717, 1.165) is 32.5 Å². The molecule has 0 saturated carbocycles. The van der Waals surface area contributed by atoms with Gasteiger partial charge in [0.15, 0.2) is 0 Å². The normalized spacial score (nSPS) is 21.3. The number of hydrogen-bond acceptors (Lipinski definition) is 4. The Balaban J connectivity index is 1.69. The quantitative estimate of drug-likeness (QED) is 0.797. The Hall–Kier alpha value is -1.10.